The van der Waals surface area contributed by atoms with Gasteiger partial charge >= 0.3 is 0 Å². The van der Waals surface area contributed by atoms with E-state index in [1.165, 1.54) is 11.3 Å². The number of aryl methyl sites for hydroxylation is 2. The number of amides is 2. The predicted molar refractivity (Wildman–Crippen MR) is 128 cm³/mol. The van der Waals surface area contributed by atoms with Gasteiger partial charge in [0.1, 0.15) is 11.9 Å². The molecule has 0 spiro atoms. The molecule has 0 radical (unpaired) electrons. The van der Waals surface area contributed by atoms with Gasteiger partial charge in [0.15, 0.2) is 0 Å². The molecule has 6 heteroatoms. The topological polar surface area (TPSA) is 49.4 Å². The van der Waals surface area contributed by atoms with Crippen LogP contribution in [0.3, 0.4) is 0 Å². The van der Waals surface area contributed by atoms with Crippen LogP contribution in [0.1, 0.15) is 55.3 Å². The van der Waals surface area contributed by atoms with Crippen LogP contribution in [0.15, 0.2) is 42.5 Å². The summed E-state index contributed by atoms with van der Waals surface area (Å²) < 4.78 is 0. The number of anilines is 1. The van der Waals surface area contributed by atoms with Gasteiger partial charge in [-0.3, -0.25) is 14.5 Å². The summed E-state index contributed by atoms with van der Waals surface area (Å²) in [5.74, 6) is -0.332. The van der Waals surface area contributed by atoms with Crippen LogP contribution in [-0.4, -0.2) is 23.7 Å². The SMILES string of the molecule is Cc1ccc(N(C(=O)CCl)[C@H](C(=O)N[C@H]2CCCC[C@@H]2C)c2ccc(Cl)cc2)cc1C. The quantitative estimate of drug-likeness (QED) is 0.540. The Hall–Kier alpha value is -2.04. The lowest BCUT2D eigenvalue weighted by Gasteiger charge is -2.35. The van der Waals surface area contributed by atoms with Crippen molar-refractivity contribution in [3.63, 3.8) is 0 Å². The van der Waals surface area contributed by atoms with Crippen molar-refractivity contribution in [2.45, 2.75) is 58.5 Å². The molecule has 31 heavy (non-hydrogen) atoms. The van der Waals surface area contributed by atoms with Gasteiger partial charge in [0.05, 0.1) is 0 Å². The van der Waals surface area contributed by atoms with Gasteiger partial charge in [-0.1, -0.05) is 49.6 Å². The molecule has 2 aromatic rings. The van der Waals surface area contributed by atoms with E-state index in [0.29, 0.717) is 22.2 Å². The third-order valence-electron chi connectivity index (χ3n) is 6.28. The molecule has 2 amide bonds. The summed E-state index contributed by atoms with van der Waals surface area (Å²) >= 11 is 12.1. The molecule has 1 aliphatic carbocycles. The minimum Gasteiger partial charge on any atom is -0.351 e. The highest BCUT2D eigenvalue weighted by molar-refractivity contribution is 6.30. The number of alkyl halides is 1. The summed E-state index contributed by atoms with van der Waals surface area (Å²) in [5.41, 5.74) is 3.51. The molecule has 4 nitrogen and oxygen atoms in total. The maximum Gasteiger partial charge on any atom is 0.248 e. The fourth-order valence-electron chi connectivity index (χ4n) is 4.23. The fraction of sp³-hybridized carbons (Fsp3) is 0.440. The zero-order chi connectivity index (χ0) is 22.5. The molecule has 2 aromatic carbocycles. The second-order valence-electron chi connectivity index (χ2n) is 8.50. The van der Waals surface area contributed by atoms with Gasteiger partial charge in [-0.15, -0.1) is 11.6 Å². The van der Waals surface area contributed by atoms with E-state index in [-0.39, 0.29) is 23.7 Å². The zero-order valence-corrected chi connectivity index (χ0v) is 19.8. The van der Waals surface area contributed by atoms with Crippen LogP contribution >= 0.6 is 23.2 Å². The molecule has 1 aliphatic rings. The standard InChI is InChI=1S/C25H30Cl2N2O2/c1-16-8-13-21(14-18(16)3)29(23(30)15-26)24(19-9-11-20(27)12-10-19)25(31)28-22-7-5-4-6-17(22)2/h8-14,17,22,24H,4-7,15H2,1-3H3,(H,28,31)/t17-,22-,24-/m0/s1. The summed E-state index contributed by atoms with van der Waals surface area (Å²) in [6, 6.07) is 12.1. The monoisotopic (exact) mass is 460 g/mol. The lowest BCUT2D eigenvalue weighted by Crippen LogP contribution is -2.49. The van der Waals surface area contributed by atoms with Crippen LogP contribution in [0, 0.1) is 19.8 Å². The zero-order valence-electron chi connectivity index (χ0n) is 18.3. The van der Waals surface area contributed by atoms with Gasteiger partial charge < -0.3 is 5.32 Å². The highest BCUT2D eigenvalue weighted by atomic mass is 35.5. The molecule has 3 atom stereocenters. The van der Waals surface area contributed by atoms with Crippen LogP contribution in [0.5, 0.6) is 0 Å². The molecule has 0 unspecified atom stereocenters. The first kappa shape index (κ1) is 23.6. The number of nitrogens with one attached hydrogen (secondary N) is 1. The molecular formula is C25H30Cl2N2O2. The fourth-order valence-corrected chi connectivity index (χ4v) is 4.49. The van der Waals surface area contributed by atoms with Crippen molar-refractivity contribution >= 4 is 40.7 Å². The number of benzene rings is 2. The van der Waals surface area contributed by atoms with E-state index in [9.17, 15) is 9.59 Å². The van der Waals surface area contributed by atoms with Crippen molar-refractivity contribution in [1.29, 1.82) is 0 Å². The number of halogens is 2. The van der Waals surface area contributed by atoms with Crippen LogP contribution in [0.4, 0.5) is 5.69 Å². The Balaban J connectivity index is 2.04. The largest absolute Gasteiger partial charge is 0.351 e. The van der Waals surface area contributed by atoms with Crippen molar-refractivity contribution in [2.75, 3.05) is 10.8 Å². The highest BCUT2D eigenvalue weighted by Crippen LogP contribution is 2.32. The second-order valence-corrected chi connectivity index (χ2v) is 9.20. The number of nitrogens with zero attached hydrogens (tertiary/aromatic N) is 1. The van der Waals surface area contributed by atoms with E-state index in [4.69, 9.17) is 23.2 Å². The van der Waals surface area contributed by atoms with E-state index in [1.54, 1.807) is 24.3 Å². The maximum atomic E-state index is 13.6. The third-order valence-corrected chi connectivity index (χ3v) is 6.76. The molecule has 166 valence electrons. The maximum absolute atomic E-state index is 13.6. The lowest BCUT2D eigenvalue weighted by molar-refractivity contribution is -0.126. The Morgan fingerprint density at radius 2 is 1.74 bits per heavy atom. The van der Waals surface area contributed by atoms with Gasteiger partial charge in [0.2, 0.25) is 11.8 Å². The molecule has 0 saturated heterocycles. The number of rotatable bonds is 6. The second kappa shape index (κ2) is 10.5. The highest BCUT2D eigenvalue weighted by Gasteiger charge is 2.34. The molecule has 1 saturated carbocycles. The molecule has 0 aromatic heterocycles. The molecule has 0 aliphatic heterocycles. The summed E-state index contributed by atoms with van der Waals surface area (Å²) in [6.45, 7) is 6.18. The van der Waals surface area contributed by atoms with Crippen molar-refractivity contribution in [3.8, 4) is 0 Å². The van der Waals surface area contributed by atoms with Crippen molar-refractivity contribution in [1.82, 2.24) is 5.32 Å². The Morgan fingerprint density at radius 3 is 2.35 bits per heavy atom. The predicted octanol–water partition coefficient (Wildman–Crippen LogP) is 5.96. The first-order chi connectivity index (χ1) is 14.8. The summed E-state index contributed by atoms with van der Waals surface area (Å²) in [6.07, 6.45) is 4.33. The molecular weight excluding hydrogens is 431 g/mol. The van der Waals surface area contributed by atoms with Gasteiger partial charge in [0, 0.05) is 16.8 Å². The van der Waals surface area contributed by atoms with E-state index in [1.807, 2.05) is 32.0 Å². The van der Waals surface area contributed by atoms with E-state index < -0.39 is 6.04 Å². The van der Waals surface area contributed by atoms with Crippen molar-refractivity contribution in [3.05, 3.63) is 64.2 Å². The molecule has 3 rings (SSSR count). The Bertz CT molecular complexity index is 930. The van der Waals surface area contributed by atoms with E-state index in [0.717, 1.165) is 30.4 Å². The Morgan fingerprint density at radius 1 is 1.06 bits per heavy atom. The van der Waals surface area contributed by atoms with Crippen LogP contribution in [-0.2, 0) is 9.59 Å². The Labute approximate surface area is 194 Å². The minimum atomic E-state index is -0.834. The average molecular weight is 461 g/mol. The third kappa shape index (κ3) is 5.61. The minimum absolute atomic E-state index is 0.101. The summed E-state index contributed by atoms with van der Waals surface area (Å²) in [5, 5.41) is 3.80. The van der Waals surface area contributed by atoms with Gasteiger partial charge in [-0.2, -0.15) is 0 Å². The van der Waals surface area contributed by atoms with Crippen LogP contribution in [0.2, 0.25) is 5.02 Å². The molecule has 0 bridgehead atoms. The van der Waals surface area contributed by atoms with Crippen molar-refractivity contribution < 1.29 is 9.59 Å². The number of hydrogen-bond donors (Lipinski definition) is 1. The first-order valence-electron chi connectivity index (χ1n) is 10.8. The summed E-state index contributed by atoms with van der Waals surface area (Å²) in [4.78, 5) is 28.2. The first-order valence-corrected chi connectivity index (χ1v) is 11.7. The molecule has 0 heterocycles. The van der Waals surface area contributed by atoms with E-state index in [2.05, 4.69) is 12.2 Å². The number of carbonyl (C=O) groups excluding carboxylic acids is 2. The molecule has 1 fully saturated rings. The Kier molecular flexibility index (Phi) is 8.01. The smallest absolute Gasteiger partial charge is 0.248 e. The summed E-state index contributed by atoms with van der Waals surface area (Å²) in [7, 11) is 0. The van der Waals surface area contributed by atoms with Crippen molar-refractivity contribution in [2.24, 2.45) is 5.92 Å². The number of carbonyl (C=O) groups is 2. The van der Waals surface area contributed by atoms with Gasteiger partial charge in [-0.25, -0.2) is 0 Å². The van der Waals surface area contributed by atoms with E-state index >= 15 is 0 Å². The average Bonchev–Trinajstić information content (AvgIpc) is 2.76. The van der Waals surface area contributed by atoms with Gasteiger partial charge in [-0.05, 0) is 73.6 Å². The van der Waals surface area contributed by atoms with Gasteiger partial charge in [0.25, 0.3) is 0 Å². The van der Waals surface area contributed by atoms with Crippen LogP contribution < -0.4 is 10.2 Å². The lowest BCUT2D eigenvalue weighted by atomic mass is 9.85. The molecule has 1 N–H and O–H groups in total. The number of hydrogen-bond acceptors (Lipinski definition) is 2. The normalized spacial score (nSPS) is 19.5. The van der Waals surface area contributed by atoms with Crippen LogP contribution in [0.25, 0.3) is 0 Å².